The lowest BCUT2D eigenvalue weighted by molar-refractivity contribution is 0.230. The van der Waals surface area contributed by atoms with Crippen LogP contribution in [0, 0.1) is 5.92 Å². The van der Waals surface area contributed by atoms with Crippen LogP contribution in [0.5, 0.6) is 0 Å². The molecule has 1 aliphatic heterocycles. The SMILES string of the molecule is CCCNCc1cnc(N2CCN(CC(C)C)CC2)nc1. The van der Waals surface area contributed by atoms with Gasteiger partial charge in [0.1, 0.15) is 0 Å². The van der Waals surface area contributed by atoms with E-state index in [4.69, 9.17) is 0 Å². The molecule has 0 unspecified atom stereocenters. The van der Waals surface area contributed by atoms with E-state index < -0.39 is 0 Å². The van der Waals surface area contributed by atoms with Crippen molar-refractivity contribution in [2.75, 3.05) is 44.2 Å². The Balaban J connectivity index is 1.80. The molecule has 1 aromatic rings. The molecule has 0 saturated carbocycles. The number of piperazine rings is 1. The van der Waals surface area contributed by atoms with Gasteiger partial charge in [-0.15, -0.1) is 0 Å². The average molecular weight is 291 g/mol. The maximum atomic E-state index is 4.52. The first-order chi connectivity index (χ1) is 10.2. The summed E-state index contributed by atoms with van der Waals surface area (Å²) >= 11 is 0. The second kappa shape index (κ2) is 8.29. The van der Waals surface area contributed by atoms with Crippen molar-refractivity contribution >= 4 is 5.95 Å². The molecule has 118 valence electrons. The van der Waals surface area contributed by atoms with Crippen LogP contribution in [0.3, 0.4) is 0 Å². The largest absolute Gasteiger partial charge is 0.338 e. The summed E-state index contributed by atoms with van der Waals surface area (Å²) in [5, 5.41) is 3.37. The normalized spacial score (nSPS) is 16.7. The van der Waals surface area contributed by atoms with E-state index in [1.54, 1.807) is 0 Å². The predicted octanol–water partition coefficient (Wildman–Crippen LogP) is 1.75. The molecular formula is C16H29N5. The van der Waals surface area contributed by atoms with E-state index in [9.17, 15) is 0 Å². The van der Waals surface area contributed by atoms with Crippen LogP contribution >= 0.6 is 0 Å². The van der Waals surface area contributed by atoms with E-state index in [1.165, 1.54) is 6.54 Å². The van der Waals surface area contributed by atoms with Gasteiger partial charge in [-0.2, -0.15) is 0 Å². The van der Waals surface area contributed by atoms with Crippen molar-refractivity contribution in [3.05, 3.63) is 18.0 Å². The molecule has 1 aliphatic rings. The molecule has 1 fully saturated rings. The molecular weight excluding hydrogens is 262 g/mol. The monoisotopic (exact) mass is 291 g/mol. The summed E-state index contributed by atoms with van der Waals surface area (Å²) < 4.78 is 0. The number of hydrogen-bond acceptors (Lipinski definition) is 5. The predicted molar refractivity (Wildman–Crippen MR) is 87.5 cm³/mol. The minimum absolute atomic E-state index is 0.739. The van der Waals surface area contributed by atoms with Crippen LogP contribution in [0.25, 0.3) is 0 Å². The van der Waals surface area contributed by atoms with Crippen molar-refractivity contribution in [2.24, 2.45) is 5.92 Å². The van der Waals surface area contributed by atoms with Gasteiger partial charge >= 0.3 is 0 Å². The summed E-state index contributed by atoms with van der Waals surface area (Å²) in [7, 11) is 0. The van der Waals surface area contributed by atoms with E-state index in [0.717, 1.165) is 63.1 Å². The molecule has 0 spiro atoms. The smallest absolute Gasteiger partial charge is 0.225 e. The fraction of sp³-hybridized carbons (Fsp3) is 0.750. The Bertz CT molecular complexity index is 396. The van der Waals surface area contributed by atoms with Crippen molar-refractivity contribution in [2.45, 2.75) is 33.7 Å². The maximum Gasteiger partial charge on any atom is 0.225 e. The van der Waals surface area contributed by atoms with Crippen LogP contribution in [-0.2, 0) is 6.54 Å². The second-order valence-corrected chi connectivity index (χ2v) is 6.25. The van der Waals surface area contributed by atoms with Gasteiger partial charge in [-0.3, -0.25) is 4.90 Å². The highest BCUT2D eigenvalue weighted by Crippen LogP contribution is 2.12. The summed E-state index contributed by atoms with van der Waals surface area (Å²) in [6, 6.07) is 0. The first-order valence-corrected chi connectivity index (χ1v) is 8.18. The van der Waals surface area contributed by atoms with Crippen molar-refractivity contribution in [3.8, 4) is 0 Å². The first-order valence-electron chi connectivity index (χ1n) is 8.18. The molecule has 21 heavy (non-hydrogen) atoms. The number of hydrogen-bond donors (Lipinski definition) is 1. The maximum absolute atomic E-state index is 4.52. The molecule has 5 heteroatoms. The quantitative estimate of drug-likeness (QED) is 0.776. The van der Waals surface area contributed by atoms with Crippen LogP contribution in [0.2, 0.25) is 0 Å². The van der Waals surface area contributed by atoms with E-state index in [0.29, 0.717) is 0 Å². The number of anilines is 1. The van der Waals surface area contributed by atoms with E-state index in [1.807, 2.05) is 12.4 Å². The number of aromatic nitrogens is 2. The Morgan fingerprint density at radius 2 is 1.81 bits per heavy atom. The number of nitrogens with one attached hydrogen (secondary N) is 1. The van der Waals surface area contributed by atoms with Gasteiger partial charge in [0.05, 0.1) is 0 Å². The zero-order chi connectivity index (χ0) is 15.1. The Morgan fingerprint density at radius 3 is 2.38 bits per heavy atom. The Labute approximate surface area is 128 Å². The fourth-order valence-corrected chi connectivity index (χ4v) is 2.66. The number of rotatable bonds is 7. The molecule has 5 nitrogen and oxygen atoms in total. The van der Waals surface area contributed by atoms with Gasteiger partial charge < -0.3 is 10.2 Å². The number of nitrogens with zero attached hydrogens (tertiary/aromatic N) is 4. The van der Waals surface area contributed by atoms with Gasteiger partial charge in [0, 0.05) is 57.2 Å². The topological polar surface area (TPSA) is 44.3 Å². The van der Waals surface area contributed by atoms with Crippen molar-refractivity contribution in [1.29, 1.82) is 0 Å². The van der Waals surface area contributed by atoms with Gasteiger partial charge in [-0.05, 0) is 18.9 Å². The lowest BCUT2D eigenvalue weighted by atomic mass is 10.2. The molecule has 1 saturated heterocycles. The standard InChI is InChI=1S/C16H29N5/c1-4-5-17-10-15-11-18-16(19-12-15)21-8-6-20(7-9-21)13-14(2)3/h11-12,14,17H,4-10,13H2,1-3H3. The van der Waals surface area contributed by atoms with Crippen LogP contribution in [0.1, 0.15) is 32.8 Å². The molecule has 2 heterocycles. The Hall–Kier alpha value is -1.20. The molecule has 1 N–H and O–H groups in total. The molecule has 0 radical (unpaired) electrons. The molecule has 0 atom stereocenters. The third kappa shape index (κ3) is 5.25. The highest BCUT2D eigenvalue weighted by molar-refractivity contribution is 5.30. The van der Waals surface area contributed by atoms with Crippen molar-refractivity contribution in [1.82, 2.24) is 20.2 Å². The van der Waals surface area contributed by atoms with E-state index in [-0.39, 0.29) is 0 Å². The summed E-state index contributed by atoms with van der Waals surface area (Å²) in [6.07, 6.45) is 5.05. The van der Waals surface area contributed by atoms with Crippen LogP contribution in [0.4, 0.5) is 5.95 Å². The Morgan fingerprint density at radius 1 is 1.14 bits per heavy atom. The second-order valence-electron chi connectivity index (χ2n) is 6.25. The molecule has 2 rings (SSSR count). The summed E-state index contributed by atoms with van der Waals surface area (Å²) in [5.41, 5.74) is 1.16. The molecule has 0 aliphatic carbocycles. The lowest BCUT2D eigenvalue weighted by Crippen LogP contribution is -2.48. The minimum atomic E-state index is 0.739. The fourth-order valence-electron chi connectivity index (χ4n) is 2.66. The third-order valence-corrected chi connectivity index (χ3v) is 3.73. The van der Waals surface area contributed by atoms with Gasteiger partial charge in [-0.1, -0.05) is 20.8 Å². The summed E-state index contributed by atoms with van der Waals surface area (Å²) in [4.78, 5) is 13.9. The average Bonchev–Trinajstić information content (AvgIpc) is 2.49. The molecule has 0 bridgehead atoms. The van der Waals surface area contributed by atoms with Crippen LogP contribution in [-0.4, -0.2) is 54.1 Å². The van der Waals surface area contributed by atoms with Crippen LogP contribution in [0.15, 0.2) is 12.4 Å². The molecule has 0 amide bonds. The van der Waals surface area contributed by atoms with Gasteiger partial charge in [-0.25, -0.2) is 9.97 Å². The van der Waals surface area contributed by atoms with E-state index in [2.05, 4.69) is 45.9 Å². The molecule has 0 aromatic carbocycles. The van der Waals surface area contributed by atoms with Gasteiger partial charge in [0.25, 0.3) is 0 Å². The molecule has 1 aromatic heterocycles. The summed E-state index contributed by atoms with van der Waals surface area (Å²) in [6.45, 7) is 14.1. The summed E-state index contributed by atoms with van der Waals surface area (Å²) in [5.74, 6) is 1.61. The lowest BCUT2D eigenvalue weighted by Gasteiger charge is -2.35. The minimum Gasteiger partial charge on any atom is -0.338 e. The highest BCUT2D eigenvalue weighted by atomic mass is 15.3. The van der Waals surface area contributed by atoms with Crippen molar-refractivity contribution in [3.63, 3.8) is 0 Å². The Kier molecular flexibility index (Phi) is 6.39. The van der Waals surface area contributed by atoms with Crippen molar-refractivity contribution < 1.29 is 0 Å². The van der Waals surface area contributed by atoms with Crippen LogP contribution < -0.4 is 10.2 Å². The third-order valence-electron chi connectivity index (χ3n) is 3.73. The van der Waals surface area contributed by atoms with E-state index >= 15 is 0 Å². The van der Waals surface area contributed by atoms with Gasteiger partial charge in [0.2, 0.25) is 5.95 Å². The zero-order valence-corrected chi connectivity index (χ0v) is 13.7. The highest BCUT2D eigenvalue weighted by Gasteiger charge is 2.19. The van der Waals surface area contributed by atoms with Gasteiger partial charge in [0.15, 0.2) is 0 Å². The zero-order valence-electron chi connectivity index (χ0n) is 13.7. The first kappa shape index (κ1) is 16.2.